The Balaban J connectivity index is 1.96. The summed E-state index contributed by atoms with van der Waals surface area (Å²) in [4.78, 5) is 24.3. The van der Waals surface area contributed by atoms with Gasteiger partial charge in [0.25, 0.3) is 0 Å². The Morgan fingerprint density at radius 1 is 1.29 bits per heavy atom. The summed E-state index contributed by atoms with van der Waals surface area (Å²) in [7, 11) is 0. The zero-order chi connectivity index (χ0) is 12.4. The van der Waals surface area contributed by atoms with Gasteiger partial charge < -0.3 is 10.0 Å². The van der Waals surface area contributed by atoms with Crippen molar-refractivity contribution in [1.29, 1.82) is 0 Å². The minimum absolute atomic E-state index is 0.00806. The molecular weight excluding hydrogens is 218 g/mol. The van der Waals surface area contributed by atoms with E-state index < -0.39 is 5.97 Å². The molecule has 1 aromatic rings. The Morgan fingerprint density at radius 2 is 1.88 bits per heavy atom. The number of hydrogen-bond donors (Lipinski definition) is 1. The quantitative estimate of drug-likeness (QED) is 0.857. The van der Waals surface area contributed by atoms with E-state index in [1.165, 1.54) is 0 Å². The van der Waals surface area contributed by atoms with Gasteiger partial charge in [-0.2, -0.15) is 0 Å². The molecule has 0 unspecified atom stereocenters. The van der Waals surface area contributed by atoms with Crippen LogP contribution in [0.15, 0.2) is 30.3 Å². The number of rotatable bonds is 3. The number of carbonyl (C=O) groups excluding carboxylic acids is 1. The zero-order valence-electron chi connectivity index (χ0n) is 9.67. The molecule has 4 nitrogen and oxygen atoms in total. The Hall–Kier alpha value is -1.84. The van der Waals surface area contributed by atoms with Crippen molar-refractivity contribution in [2.24, 2.45) is 5.92 Å². The van der Waals surface area contributed by atoms with Crippen LogP contribution in [-0.2, 0) is 9.59 Å². The minimum Gasteiger partial charge on any atom is -0.481 e. The third-order valence-electron chi connectivity index (χ3n) is 3.21. The van der Waals surface area contributed by atoms with Crippen LogP contribution in [0.4, 0.5) is 0 Å². The molecule has 4 heteroatoms. The second kappa shape index (κ2) is 4.57. The monoisotopic (exact) mass is 233 g/mol. The molecule has 1 fully saturated rings. The maximum atomic E-state index is 12.0. The van der Waals surface area contributed by atoms with Crippen molar-refractivity contribution in [3.8, 4) is 0 Å². The fourth-order valence-electron chi connectivity index (χ4n) is 1.97. The summed E-state index contributed by atoms with van der Waals surface area (Å²) in [5, 5.41) is 8.75. The van der Waals surface area contributed by atoms with Crippen molar-refractivity contribution in [1.82, 2.24) is 4.90 Å². The fourth-order valence-corrected chi connectivity index (χ4v) is 1.97. The number of carboxylic acids is 1. The maximum absolute atomic E-state index is 12.0. The van der Waals surface area contributed by atoms with Crippen molar-refractivity contribution in [3.05, 3.63) is 35.9 Å². The average Bonchev–Trinajstić information content (AvgIpc) is 2.26. The molecule has 1 heterocycles. The zero-order valence-corrected chi connectivity index (χ0v) is 9.67. The summed E-state index contributed by atoms with van der Waals surface area (Å²) in [6.45, 7) is 2.53. The van der Waals surface area contributed by atoms with Gasteiger partial charge in [0.15, 0.2) is 0 Å². The van der Waals surface area contributed by atoms with Crippen LogP contribution in [0.5, 0.6) is 0 Å². The second-order valence-corrected chi connectivity index (χ2v) is 4.41. The normalized spacial score (nSPS) is 17.4. The summed E-state index contributed by atoms with van der Waals surface area (Å²) < 4.78 is 0. The molecule has 1 atom stereocenters. The Bertz CT molecular complexity index is 424. The Morgan fingerprint density at radius 3 is 2.41 bits per heavy atom. The van der Waals surface area contributed by atoms with Gasteiger partial charge >= 0.3 is 5.97 Å². The molecule has 0 saturated carbocycles. The molecule has 0 radical (unpaired) electrons. The van der Waals surface area contributed by atoms with Crippen molar-refractivity contribution < 1.29 is 14.7 Å². The van der Waals surface area contributed by atoms with Gasteiger partial charge in [0.1, 0.15) is 0 Å². The molecule has 17 heavy (non-hydrogen) atoms. The number of carbonyl (C=O) groups is 2. The summed E-state index contributed by atoms with van der Waals surface area (Å²) >= 11 is 0. The summed E-state index contributed by atoms with van der Waals surface area (Å²) in [6.07, 6.45) is 0. The van der Waals surface area contributed by atoms with E-state index >= 15 is 0 Å². The standard InChI is InChI=1S/C13H15NO3/c1-9(10-5-3-2-4-6-10)12(15)14-7-11(8-14)13(16)17/h2-6,9,11H,7-8H2,1H3,(H,16,17)/t9-/m0/s1. The first-order chi connectivity index (χ1) is 8.09. The third-order valence-corrected chi connectivity index (χ3v) is 3.21. The van der Waals surface area contributed by atoms with Gasteiger partial charge in [-0.1, -0.05) is 30.3 Å². The van der Waals surface area contributed by atoms with Crippen molar-refractivity contribution in [3.63, 3.8) is 0 Å². The van der Waals surface area contributed by atoms with Crippen LogP contribution in [0.2, 0.25) is 0 Å². The van der Waals surface area contributed by atoms with E-state index in [4.69, 9.17) is 5.11 Å². The molecule has 1 aliphatic heterocycles. The highest BCUT2D eigenvalue weighted by molar-refractivity contribution is 5.86. The van der Waals surface area contributed by atoms with Crippen LogP contribution in [0, 0.1) is 5.92 Å². The lowest BCUT2D eigenvalue weighted by Gasteiger charge is -2.38. The van der Waals surface area contributed by atoms with Gasteiger partial charge in [0, 0.05) is 13.1 Å². The molecule has 1 aromatic carbocycles. The predicted molar refractivity (Wildman–Crippen MR) is 62.6 cm³/mol. The Labute approximate surface area is 99.9 Å². The van der Waals surface area contributed by atoms with Crippen LogP contribution in [-0.4, -0.2) is 35.0 Å². The smallest absolute Gasteiger partial charge is 0.310 e. The van der Waals surface area contributed by atoms with E-state index in [0.717, 1.165) is 5.56 Å². The lowest BCUT2D eigenvalue weighted by molar-refractivity contribution is -0.153. The van der Waals surface area contributed by atoms with E-state index in [1.54, 1.807) is 4.90 Å². The molecule has 1 amide bonds. The molecule has 90 valence electrons. The van der Waals surface area contributed by atoms with Gasteiger partial charge in [0.2, 0.25) is 5.91 Å². The van der Waals surface area contributed by atoms with E-state index in [0.29, 0.717) is 13.1 Å². The van der Waals surface area contributed by atoms with Gasteiger partial charge in [-0.15, -0.1) is 0 Å². The van der Waals surface area contributed by atoms with Crippen molar-refractivity contribution in [2.45, 2.75) is 12.8 Å². The highest BCUT2D eigenvalue weighted by atomic mass is 16.4. The number of aliphatic carboxylic acids is 1. The molecule has 1 saturated heterocycles. The largest absolute Gasteiger partial charge is 0.481 e. The van der Waals surface area contributed by atoms with Crippen LogP contribution < -0.4 is 0 Å². The van der Waals surface area contributed by atoms with E-state index in [2.05, 4.69) is 0 Å². The molecule has 0 bridgehead atoms. The molecule has 1 N–H and O–H groups in total. The molecule has 1 aliphatic rings. The van der Waals surface area contributed by atoms with Gasteiger partial charge in [-0.3, -0.25) is 9.59 Å². The lowest BCUT2D eigenvalue weighted by Crippen LogP contribution is -2.54. The average molecular weight is 233 g/mol. The fraction of sp³-hybridized carbons (Fsp3) is 0.385. The summed E-state index contributed by atoms with van der Waals surface area (Å²) in [5.41, 5.74) is 0.969. The summed E-state index contributed by atoms with van der Waals surface area (Å²) in [6, 6.07) is 9.53. The number of amides is 1. The maximum Gasteiger partial charge on any atom is 0.310 e. The lowest BCUT2D eigenvalue weighted by atomic mass is 9.94. The van der Waals surface area contributed by atoms with E-state index in [1.807, 2.05) is 37.3 Å². The highest BCUT2D eigenvalue weighted by Gasteiger charge is 2.37. The number of benzene rings is 1. The number of carboxylic acid groups (broad SMARTS) is 1. The first-order valence-electron chi connectivity index (χ1n) is 5.66. The molecule has 0 spiro atoms. The van der Waals surface area contributed by atoms with E-state index in [9.17, 15) is 9.59 Å². The molecule has 2 rings (SSSR count). The van der Waals surface area contributed by atoms with Gasteiger partial charge in [-0.25, -0.2) is 0 Å². The van der Waals surface area contributed by atoms with E-state index in [-0.39, 0.29) is 17.7 Å². The van der Waals surface area contributed by atoms with Crippen LogP contribution in [0.1, 0.15) is 18.4 Å². The topological polar surface area (TPSA) is 57.6 Å². The second-order valence-electron chi connectivity index (χ2n) is 4.41. The number of likely N-dealkylation sites (tertiary alicyclic amines) is 1. The van der Waals surface area contributed by atoms with Crippen molar-refractivity contribution >= 4 is 11.9 Å². The predicted octanol–water partition coefficient (Wildman–Crippen LogP) is 1.33. The number of hydrogen-bond acceptors (Lipinski definition) is 2. The molecule has 0 aliphatic carbocycles. The Kier molecular flexibility index (Phi) is 3.13. The number of nitrogens with zero attached hydrogens (tertiary/aromatic N) is 1. The first-order valence-corrected chi connectivity index (χ1v) is 5.66. The van der Waals surface area contributed by atoms with Crippen LogP contribution in [0.3, 0.4) is 0 Å². The first kappa shape index (κ1) is 11.6. The van der Waals surface area contributed by atoms with Gasteiger partial charge in [-0.05, 0) is 12.5 Å². The summed E-state index contributed by atoms with van der Waals surface area (Å²) in [5.74, 6) is -1.40. The molecule has 0 aromatic heterocycles. The SMILES string of the molecule is C[C@H](C(=O)N1CC(C(=O)O)C1)c1ccccc1. The third kappa shape index (κ3) is 2.30. The van der Waals surface area contributed by atoms with Crippen LogP contribution in [0.25, 0.3) is 0 Å². The molecular formula is C13H15NO3. The van der Waals surface area contributed by atoms with Crippen molar-refractivity contribution in [2.75, 3.05) is 13.1 Å². The van der Waals surface area contributed by atoms with Crippen LogP contribution >= 0.6 is 0 Å². The minimum atomic E-state index is -0.818. The van der Waals surface area contributed by atoms with Gasteiger partial charge in [0.05, 0.1) is 11.8 Å². The highest BCUT2D eigenvalue weighted by Crippen LogP contribution is 2.23.